The van der Waals surface area contributed by atoms with Crippen LogP contribution < -0.4 is 4.74 Å². The van der Waals surface area contributed by atoms with Crippen LogP contribution >= 0.6 is 0 Å². The van der Waals surface area contributed by atoms with Crippen LogP contribution in [-0.2, 0) is 9.53 Å². The van der Waals surface area contributed by atoms with Crippen molar-refractivity contribution in [1.29, 1.82) is 0 Å². The lowest BCUT2D eigenvalue weighted by atomic mass is 10.00. The first kappa shape index (κ1) is 26.5. The van der Waals surface area contributed by atoms with Crippen molar-refractivity contribution in [2.45, 2.75) is 54.4 Å². The van der Waals surface area contributed by atoms with Crippen molar-refractivity contribution in [3.8, 4) is 5.75 Å². The predicted molar refractivity (Wildman–Crippen MR) is 125 cm³/mol. The summed E-state index contributed by atoms with van der Waals surface area (Å²) in [5.74, 6) is 1.11. The summed E-state index contributed by atoms with van der Waals surface area (Å²) in [4.78, 5) is 11.3. The van der Waals surface area contributed by atoms with Crippen LogP contribution in [0.3, 0.4) is 0 Å². The van der Waals surface area contributed by atoms with Gasteiger partial charge in [0.15, 0.2) is 6.61 Å². The molecular weight excluding hydrogens is 360 g/mol. The molecule has 0 aliphatic heterocycles. The Hall–Kier alpha value is -2.55. The average molecular weight is 399 g/mol. The molecule has 0 saturated heterocycles. The fourth-order valence-electron chi connectivity index (χ4n) is 2.46. The number of esters is 1. The van der Waals surface area contributed by atoms with Gasteiger partial charge in [-0.1, -0.05) is 81.0 Å². The van der Waals surface area contributed by atoms with Crippen molar-refractivity contribution in [3.63, 3.8) is 0 Å². The SMILES string of the molecule is C=C/C=C\C(=C)CC(C)CC.CCOC(=O)COc1cccc(C)c1C=C(C)C. The van der Waals surface area contributed by atoms with E-state index in [0.29, 0.717) is 12.4 Å². The molecule has 0 aliphatic rings. The van der Waals surface area contributed by atoms with Gasteiger partial charge in [0.1, 0.15) is 5.75 Å². The summed E-state index contributed by atoms with van der Waals surface area (Å²) in [5, 5.41) is 0. The van der Waals surface area contributed by atoms with Gasteiger partial charge in [-0.25, -0.2) is 4.79 Å². The Balaban J connectivity index is 0.000000614. The maximum Gasteiger partial charge on any atom is 0.344 e. The molecule has 160 valence electrons. The Labute approximate surface area is 177 Å². The summed E-state index contributed by atoms with van der Waals surface area (Å²) in [6.07, 6.45) is 10.1. The van der Waals surface area contributed by atoms with Gasteiger partial charge in [0.05, 0.1) is 6.61 Å². The molecule has 1 unspecified atom stereocenters. The number of allylic oxidation sites excluding steroid dienone is 5. The molecule has 29 heavy (non-hydrogen) atoms. The molecule has 3 heteroatoms. The topological polar surface area (TPSA) is 35.5 Å². The quantitative estimate of drug-likeness (QED) is 0.312. The number of hydrogen-bond donors (Lipinski definition) is 0. The summed E-state index contributed by atoms with van der Waals surface area (Å²) in [6, 6.07) is 5.80. The van der Waals surface area contributed by atoms with Crippen molar-refractivity contribution in [2.75, 3.05) is 13.2 Å². The van der Waals surface area contributed by atoms with Crippen LogP contribution in [0.15, 0.2) is 60.7 Å². The molecule has 0 amide bonds. The zero-order valence-electron chi connectivity index (χ0n) is 19.1. The van der Waals surface area contributed by atoms with Crippen LogP contribution in [0, 0.1) is 12.8 Å². The molecule has 0 bridgehead atoms. The van der Waals surface area contributed by atoms with Gasteiger partial charge in [0.25, 0.3) is 0 Å². The van der Waals surface area contributed by atoms with E-state index < -0.39 is 0 Å². The highest BCUT2D eigenvalue weighted by molar-refractivity contribution is 5.71. The van der Waals surface area contributed by atoms with Crippen molar-refractivity contribution in [2.24, 2.45) is 5.92 Å². The monoisotopic (exact) mass is 398 g/mol. The molecule has 0 aliphatic carbocycles. The van der Waals surface area contributed by atoms with Gasteiger partial charge in [-0.2, -0.15) is 0 Å². The first-order chi connectivity index (χ1) is 13.7. The summed E-state index contributed by atoms with van der Waals surface area (Å²) >= 11 is 0. The highest BCUT2D eigenvalue weighted by Crippen LogP contribution is 2.24. The van der Waals surface area contributed by atoms with Gasteiger partial charge < -0.3 is 9.47 Å². The second-order valence-electron chi connectivity index (χ2n) is 7.27. The van der Waals surface area contributed by atoms with Crippen molar-refractivity contribution in [3.05, 3.63) is 71.9 Å². The number of carbonyl (C=O) groups excluding carboxylic acids is 1. The molecule has 0 spiro atoms. The van der Waals surface area contributed by atoms with E-state index in [1.54, 1.807) is 13.0 Å². The Kier molecular flexibility index (Phi) is 14.0. The fourth-order valence-corrected chi connectivity index (χ4v) is 2.46. The predicted octanol–water partition coefficient (Wildman–Crippen LogP) is 7.08. The molecule has 1 rings (SSSR count). The lowest BCUT2D eigenvalue weighted by molar-refractivity contribution is -0.145. The molecule has 0 heterocycles. The highest BCUT2D eigenvalue weighted by Gasteiger charge is 2.08. The van der Waals surface area contributed by atoms with Gasteiger partial charge in [0.2, 0.25) is 0 Å². The van der Waals surface area contributed by atoms with E-state index in [0.717, 1.165) is 23.5 Å². The van der Waals surface area contributed by atoms with Crippen molar-refractivity contribution in [1.82, 2.24) is 0 Å². The lowest BCUT2D eigenvalue weighted by Gasteiger charge is -2.11. The van der Waals surface area contributed by atoms with Gasteiger partial charge in [-0.15, -0.1) is 0 Å². The molecule has 1 atom stereocenters. The number of carbonyl (C=O) groups is 1. The zero-order chi connectivity index (χ0) is 22.2. The lowest BCUT2D eigenvalue weighted by Crippen LogP contribution is -2.15. The van der Waals surface area contributed by atoms with E-state index in [9.17, 15) is 4.79 Å². The van der Waals surface area contributed by atoms with E-state index in [-0.39, 0.29) is 12.6 Å². The summed E-state index contributed by atoms with van der Waals surface area (Å²) in [7, 11) is 0. The van der Waals surface area contributed by atoms with Crippen molar-refractivity contribution >= 4 is 12.0 Å². The molecule has 1 aromatic rings. The minimum Gasteiger partial charge on any atom is -0.481 e. The number of hydrogen-bond acceptors (Lipinski definition) is 3. The largest absolute Gasteiger partial charge is 0.481 e. The van der Waals surface area contributed by atoms with E-state index in [4.69, 9.17) is 9.47 Å². The maximum absolute atomic E-state index is 11.3. The standard InChI is InChI=1S/C15H20O3.C11H18/c1-5-17-15(16)10-18-14-8-6-7-12(4)13(14)9-11(2)3;1-5-7-8-11(4)9-10(3)6-2/h6-9H,5,10H2,1-4H3;5,7-8,10H,1,4,6,9H2,2-3H3/b;8-7-. The van der Waals surface area contributed by atoms with E-state index in [2.05, 4.69) is 33.1 Å². The van der Waals surface area contributed by atoms with E-state index in [1.165, 1.54) is 17.6 Å². The first-order valence-electron chi connectivity index (χ1n) is 10.2. The van der Waals surface area contributed by atoms with Crippen molar-refractivity contribution < 1.29 is 14.3 Å². The number of ether oxygens (including phenoxy) is 2. The summed E-state index contributed by atoms with van der Waals surface area (Å²) in [5.41, 5.74) is 4.52. The minimum atomic E-state index is -0.345. The number of rotatable bonds is 10. The Morgan fingerprint density at radius 3 is 2.48 bits per heavy atom. The zero-order valence-corrected chi connectivity index (χ0v) is 19.1. The Bertz CT molecular complexity index is 707. The first-order valence-corrected chi connectivity index (χ1v) is 10.2. The molecule has 0 fully saturated rings. The Morgan fingerprint density at radius 2 is 1.93 bits per heavy atom. The van der Waals surface area contributed by atoms with Crippen LogP contribution in [0.5, 0.6) is 5.75 Å². The normalized spacial score (nSPS) is 11.1. The van der Waals surface area contributed by atoms with Crippen LogP contribution in [0.4, 0.5) is 0 Å². The van der Waals surface area contributed by atoms with Crippen LogP contribution in [-0.4, -0.2) is 19.2 Å². The summed E-state index contributed by atoms with van der Waals surface area (Å²) in [6.45, 7) is 20.2. The highest BCUT2D eigenvalue weighted by atomic mass is 16.6. The van der Waals surface area contributed by atoms with Crippen LogP contribution in [0.2, 0.25) is 0 Å². The molecular formula is C26H38O3. The molecule has 0 radical (unpaired) electrons. The molecule has 0 N–H and O–H groups in total. The second-order valence-corrected chi connectivity index (χ2v) is 7.27. The number of aryl methyl sites for hydroxylation is 1. The second kappa shape index (κ2) is 15.4. The number of benzene rings is 1. The molecule has 0 aromatic heterocycles. The Morgan fingerprint density at radius 1 is 1.24 bits per heavy atom. The van der Waals surface area contributed by atoms with Crippen LogP contribution in [0.25, 0.3) is 6.08 Å². The maximum atomic E-state index is 11.3. The third-order valence-electron chi connectivity index (χ3n) is 4.14. The van der Waals surface area contributed by atoms with Gasteiger partial charge in [0, 0.05) is 5.56 Å². The average Bonchev–Trinajstić information content (AvgIpc) is 2.67. The van der Waals surface area contributed by atoms with Gasteiger partial charge >= 0.3 is 5.97 Å². The van der Waals surface area contributed by atoms with Gasteiger partial charge in [-0.05, 0) is 51.7 Å². The molecule has 3 nitrogen and oxygen atoms in total. The molecule has 1 aromatic carbocycles. The van der Waals surface area contributed by atoms with E-state index in [1.807, 2.05) is 51.1 Å². The molecule has 0 saturated carbocycles. The third kappa shape index (κ3) is 12.5. The summed E-state index contributed by atoms with van der Waals surface area (Å²) < 4.78 is 10.3. The van der Waals surface area contributed by atoms with E-state index >= 15 is 0 Å². The van der Waals surface area contributed by atoms with Crippen LogP contribution in [0.1, 0.15) is 58.6 Å². The van der Waals surface area contributed by atoms with Gasteiger partial charge in [-0.3, -0.25) is 0 Å². The third-order valence-corrected chi connectivity index (χ3v) is 4.14. The smallest absolute Gasteiger partial charge is 0.344 e. The minimum absolute atomic E-state index is 0.0547. The fraction of sp³-hybridized carbons (Fsp3) is 0.423.